The highest BCUT2D eigenvalue weighted by Crippen LogP contribution is 2.27. The van der Waals surface area contributed by atoms with Gasteiger partial charge in [0.2, 0.25) is 5.91 Å². The topological polar surface area (TPSA) is 58.4 Å². The molecule has 2 rings (SSSR count). The minimum absolute atomic E-state index is 0.344. The molecular formula is C17H23N3O. The molecule has 0 saturated carbocycles. The standard InChI is InChI=1S/C17H23N3O/c1-4-20(12-17(2,19-3)16(18)21)15-11-7-9-13-8-5-6-10-14(13)15/h5-11,19H,4,12H2,1-3H3,(H2,18,21). The van der Waals surface area contributed by atoms with Gasteiger partial charge in [0.25, 0.3) is 0 Å². The van der Waals surface area contributed by atoms with Crippen LogP contribution >= 0.6 is 0 Å². The fraction of sp³-hybridized carbons (Fsp3) is 0.353. The monoisotopic (exact) mass is 285 g/mol. The number of likely N-dealkylation sites (N-methyl/N-ethyl adjacent to an activating group) is 2. The number of carbonyl (C=O) groups is 1. The van der Waals surface area contributed by atoms with Crippen molar-refractivity contribution in [3.8, 4) is 0 Å². The Balaban J connectivity index is 2.43. The van der Waals surface area contributed by atoms with Gasteiger partial charge in [-0.25, -0.2) is 0 Å². The molecule has 0 aliphatic rings. The zero-order valence-corrected chi connectivity index (χ0v) is 12.9. The second-order valence-corrected chi connectivity index (χ2v) is 5.46. The van der Waals surface area contributed by atoms with Crippen LogP contribution in [0.2, 0.25) is 0 Å². The van der Waals surface area contributed by atoms with E-state index in [1.165, 1.54) is 10.8 Å². The molecule has 112 valence electrons. The lowest BCUT2D eigenvalue weighted by atomic mass is 9.99. The predicted molar refractivity (Wildman–Crippen MR) is 88.5 cm³/mol. The third-order valence-electron chi connectivity index (χ3n) is 4.09. The maximum Gasteiger partial charge on any atom is 0.239 e. The zero-order valence-electron chi connectivity index (χ0n) is 12.9. The summed E-state index contributed by atoms with van der Waals surface area (Å²) in [5.74, 6) is -0.344. The number of rotatable bonds is 6. The van der Waals surface area contributed by atoms with Gasteiger partial charge in [-0.05, 0) is 32.3 Å². The average molecular weight is 285 g/mol. The molecular weight excluding hydrogens is 262 g/mol. The number of fused-ring (bicyclic) bond motifs is 1. The van der Waals surface area contributed by atoms with E-state index in [2.05, 4.69) is 41.4 Å². The summed E-state index contributed by atoms with van der Waals surface area (Å²) in [6.45, 7) is 5.25. The minimum Gasteiger partial charge on any atom is -0.369 e. The van der Waals surface area contributed by atoms with Gasteiger partial charge in [0.15, 0.2) is 0 Å². The van der Waals surface area contributed by atoms with Gasteiger partial charge in [-0.1, -0.05) is 36.4 Å². The van der Waals surface area contributed by atoms with Crippen molar-refractivity contribution in [3.05, 3.63) is 42.5 Å². The van der Waals surface area contributed by atoms with E-state index < -0.39 is 5.54 Å². The summed E-state index contributed by atoms with van der Waals surface area (Å²) in [5.41, 5.74) is 5.91. The van der Waals surface area contributed by atoms with E-state index in [9.17, 15) is 4.79 Å². The van der Waals surface area contributed by atoms with Gasteiger partial charge in [0.1, 0.15) is 5.54 Å². The van der Waals surface area contributed by atoms with Crippen LogP contribution in [-0.4, -0.2) is 31.6 Å². The van der Waals surface area contributed by atoms with Gasteiger partial charge in [-0.15, -0.1) is 0 Å². The van der Waals surface area contributed by atoms with Crippen molar-refractivity contribution < 1.29 is 4.79 Å². The maximum absolute atomic E-state index is 11.7. The van der Waals surface area contributed by atoms with Crippen LogP contribution in [0.25, 0.3) is 10.8 Å². The zero-order chi connectivity index (χ0) is 15.5. The number of carbonyl (C=O) groups excluding carboxylic acids is 1. The number of anilines is 1. The first kappa shape index (κ1) is 15.3. The molecule has 2 aromatic rings. The van der Waals surface area contributed by atoms with Crippen molar-refractivity contribution in [2.24, 2.45) is 5.73 Å². The first-order valence-electron chi connectivity index (χ1n) is 7.23. The fourth-order valence-corrected chi connectivity index (χ4v) is 2.51. The lowest BCUT2D eigenvalue weighted by molar-refractivity contribution is -0.123. The molecule has 0 aliphatic carbocycles. The molecule has 2 aromatic carbocycles. The molecule has 0 aliphatic heterocycles. The van der Waals surface area contributed by atoms with Crippen LogP contribution in [0.15, 0.2) is 42.5 Å². The highest BCUT2D eigenvalue weighted by Gasteiger charge is 2.31. The summed E-state index contributed by atoms with van der Waals surface area (Å²) in [4.78, 5) is 13.9. The van der Waals surface area contributed by atoms with Gasteiger partial charge < -0.3 is 16.0 Å². The Kier molecular flexibility index (Phi) is 4.48. The van der Waals surface area contributed by atoms with E-state index in [1.54, 1.807) is 7.05 Å². The predicted octanol–water partition coefficient (Wildman–Crippen LogP) is 2.13. The van der Waals surface area contributed by atoms with Crippen molar-refractivity contribution in [2.75, 3.05) is 25.0 Å². The van der Waals surface area contributed by atoms with E-state index in [1.807, 2.05) is 25.1 Å². The molecule has 4 heteroatoms. The molecule has 3 N–H and O–H groups in total. The molecule has 21 heavy (non-hydrogen) atoms. The van der Waals surface area contributed by atoms with Crippen LogP contribution < -0.4 is 16.0 Å². The number of hydrogen-bond donors (Lipinski definition) is 2. The first-order valence-corrected chi connectivity index (χ1v) is 7.23. The van der Waals surface area contributed by atoms with Crippen LogP contribution in [0.3, 0.4) is 0 Å². The van der Waals surface area contributed by atoms with E-state index in [0.29, 0.717) is 6.54 Å². The third-order valence-corrected chi connectivity index (χ3v) is 4.09. The molecule has 0 fully saturated rings. The number of benzene rings is 2. The van der Waals surface area contributed by atoms with E-state index in [4.69, 9.17) is 5.73 Å². The van der Waals surface area contributed by atoms with E-state index in [0.717, 1.165) is 12.2 Å². The number of nitrogens with one attached hydrogen (secondary N) is 1. The Labute approximate surface area is 125 Å². The quantitative estimate of drug-likeness (QED) is 0.855. The van der Waals surface area contributed by atoms with Crippen molar-refractivity contribution in [1.82, 2.24) is 5.32 Å². The van der Waals surface area contributed by atoms with Gasteiger partial charge >= 0.3 is 0 Å². The highest BCUT2D eigenvalue weighted by atomic mass is 16.1. The molecule has 0 radical (unpaired) electrons. The molecule has 0 bridgehead atoms. The lowest BCUT2D eigenvalue weighted by Gasteiger charge is -2.34. The number of nitrogens with zero attached hydrogens (tertiary/aromatic N) is 1. The summed E-state index contributed by atoms with van der Waals surface area (Å²) < 4.78 is 0. The molecule has 0 heterocycles. The van der Waals surface area contributed by atoms with Gasteiger partial charge in [0, 0.05) is 24.2 Å². The van der Waals surface area contributed by atoms with E-state index >= 15 is 0 Å². The molecule has 0 saturated heterocycles. The molecule has 0 aromatic heterocycles. The first-order chi connectivity index (χ1) is 10.0. The highest BCUT2D eigenvalue weighted by molar-refractivity contribution is 5.94. The Bertz CT molecular complexity index is 635. The smallest absolute Gasteiger partial charge is 0.239 e. The van der Waals surface area contributed by atoms with Crippen LogP contribution in [-0.2, 0) is 4.79 Å². The molecule has 4 nitrogen and oxygen atoms in total. The second kappa shape index (κ2) is 6.14. The summed E-state index contributed by atoms with van der Waals surface area (Å²) >= 11 is 0. The average Bonchev–Trinajstić information content (AvgIpc) is 2.51. The molecule has 0 spiro atoms. The van der Waals surface area contributed by atoms with Crippen LogP contribution in [0.4, 0.5) is 5.69 Å². The maximum atomic E-state index is 11.7. The number of primary amides is 1. The van der Waals surface area contributed by atoms with Crippen molar-refractivity contribution in [2.45, 2.75) is 19.4 Å². The summed E-state index contributed by atoms with van der Waals surface area (Å²) in [5, 5.41) is 5.42. The van der Waals surface area contributed by atoms with E-state index in [-0.39, 0.29) is 5.91 Å². The minimum atomic E-state index is -0.757. The van der Waals surface area contributed by atoms with Crippen molar-refractivity contribution in [1.29, 1.82) is 0 Å². The second-order valence-electron chi connectivity index (χ2n) is 5.46. The summed E-state index contributed by atoms with van der Waals surface area (Å²) in [6.07, 6.45) is 0. The van der Waals surface area contributed by atoms with Crippen molar-refractivity contribution >= 4 is 22.4 Å². The normalized spacial score (nSPS) is 13.9. The van der Waals surface area contributed by atoms with Gasteiger partial charge in [0.05, 0.1) is 0 Å². The van der Waals surface area contributed by atoms with Gasteiger partial charge in [-0.3, -0.25) is 4.79 Å². The van der Waals surface area contributed by atoms with Crippen LogP contribution in [0.5, 0.6) is 0 Å². The summed E-state index contributed by atoms with van der Waals surface area (Å²) in [7, 11) is 1.77. The number of amides is 1. The Morgan fingerprint density at radius 1 is 1.24 bits per heavy atom. The third kappa shape index (κ3) is 3.00. The molecule has 1 atom stereocenters. The number of nitrogens with two attached hydrogens (primary N) is 1. The Morgan fingerprint density at radius 3 is 2.52 bits per heavy atom. The molecule has 1 unspecified atom stereocenters. The lowest BCUT2D eigenvalue weighted by Crippen LogP contribution is -2.58. The Morgan fingerprint density at radius 2 is 1.90 bits per heavy atom. The number of hydrogen-bond acceptors (Lipinski definition) is 3. The Hall–Kier alpha value is -2.07. The molecule has 1 amide bonds. The largest absolute Gasteiger partial charge is 0.369 e. The SMILES string of the molecule is CCN(CC(C)(NC)C(N)=O)c1cccc2ccccc12. The summed E-state index contributed by atoms with van der Waals surface area (Å²) in [6, 6.07) is 14.5. The van der Waals surface area contributed by atoms with Gasteiger partial charge in [-0.2, -0.15) is 0 Å². The van der Waals surface area contributed by atoms with Crippen molar-refractivity contribution in [3.63, 3.8) is 0 Å². The van der Waals surface area contributed by atoms with Crippen LogP contribution in [0, 0.1) is 0 Å². The fourth-order valence-electron chi connectivity index (χ4n) is 2.51. The van der Waals surface area contributed by atoms with Crippen LogP contribution in [0.1, 0.15) is 13.8 Å².